The van der Waals surface area contributed by atoms with Crippen LogP contribution in [0.4, 0.5) is 6.01 Å². The molecule has 1 N–H and O–H groups in total. The van der Waals surface area contributed by atoms with Gasteiger partial charge in [-0.05, 0) is 31.5 Å². The predicted octanol–water partition coefficient (Wildman–Crippen LogP) is 3.66. The zero-order valence-corrected chi connectivity index (χ0v) is 11.6. The molecule has 5 heteroatoms. The smallest absolute Gasteiger partial charge is 0.295 e. The Balaban J connectivity index is 2.65. The SMILES string of the molecule is CNc1nc(C)c(-c2cc(Cl)cc(C)c2OC)o1. The number of hydrogen-bond donors (Lipinski definition) is 1. The number of nitrogens with zero attached hydrogens (tertiary/aromatic N) is 1. The van der Waals surface area contributed by atoms with E-state index in [1.165, 1.54) is 0 Å². The first-order valence-corrected chi connectivity index (χ1v) is 5.94. The predicted molar refractivity (Wildman–Crippen MR) is 72.5 cm³/mol. The van der Waals surface area contributed by atoms with Gasteiger partial charge in [0.1, 0.15) is 5.75 Å². The first kappa shape index (κ1) is 12.8. The van der Waals surface area contributed by atoms with Crippen LogP contribution in [0.3, 0.4) is 0 Å². The maximum atomic E-state index is 6.09. The van der Waals surface area contributed by atoms with Crippen LogP contribution in [0.15, 0.2) is 16.5 Å². The summed E-state index contributed by atoms with van der Waals surface area (Å²) in [5.74, 6) is 1.42. The van der Waals surface area contributed by atoms with Gasteiger partial charge in [0.05, 0.1) is 18.4 Å². The Bertz CT molecular complexity index is 579. The van der Waals surface area contributed by atoms with Crippen LogP contribution in [0.5, 0.6) is 5.75 Å². The molecule has 0 spiro atoms. The van der Waals surface area contributed by atoms with Crippen LogP contribution in [0, 0.1) is 13.8 Å². The van der Waals surface area contributed by atoms with Crippen LogP contribution in [0.1, 0.15) is 11.3 Å². The maximum Gasteiger partial charge on any atom is 0.295 e. The highest BCUT2D eigenvalue weighted by molar-refractivity contribution is 6.31. The number of benzene rings is 1. The van der Waals surface area contributed by atoms with Crippen molar-refractivity contribution < 1.29 is 9.15 Å². The topological polar surface area (TPSA) is 47.3 Å². The van der Waals surface area contributed by atoms with E-state index < -0.39 is 0 Å². The molecule has 0 atom stereocenters. The van der Waals surface area contributed by atoms with Crippen LogP contribution in [0.2, 0.25) is 5.02 Å². The molecule has 0 saturated carbocycles. The number of ether oxygens (including phenoxy) is 1. The Labute approximate surface area is 111 Å². The minimum Gasteiger partial charge on any atom is -0.496 e. The van der Waals surface area contributed by atoms with Crippen LogP contribution in [0.25, 0.3) is 11.3 Å². The molecule has 0 amide bonds. The van der Waals surface area contributed by atoms with Crippen molar-refractivity contribution in [3.63, 3.8) is 0 Å². The summed E-state index contributed by atoms with van der Waals surface area (Å²) < 4.78 is 11.1. The Kier molecular flexibility index (Phi) is 3.48. The number of oxazole rings is 1. The summed E-state index contributed by atoms with van der Waals surface area (Å²) in [5.41, 5.74) is 2.56. The fourth-order valence-electron chi connectivity index (χ4n) is 1.92. The van der Waals surface area contributed by atoms with Gasteiger partial charge in [-0.1, -0.05) is 11.6 Å². The van der Waals surface area contributed by atoms with Gasteiger partial charge in [0.25, 0.3) is 6.01 Å². The van der Waals surface area contributed by atoms with E-state index in [9.17, 15) is 0 Å². The molecule has 18 heavy (non-hydrogen) atoms. The normalized spacial score (nSPS) is 10.5. The highest BCUT2D eigenvalue weighted by atomic mass is 35.5. The van der Waals surface area contributed by atoms with Gasteiger partial charge in [0.15, 0.2) is 5.76 Å². The molecule has 2 rings (SSSR count). The van der Waals surface area contributed by atoms with E-state index in [2.05, 4.69) is 10.3 Å². The zero-order chi connectivity index (χ0) is 13.3. The minimum absolute atomic E-state index is 0.474. The summed E-state index contributed by atoms with van der Waals surface area (Å²) in [5, 5.41) is 3.52. The fraction of sp³-hybridized carbons (Fsp3) is 0.308. The highest BCUT2D eigenvalue weighted by Gasteiger charge is 2.17. The van der Waals surface area contributed by atoms with Gasteiger partial charge >= 0.3 is 0 Å². The third-order valence-corrected chi connectivity index (χ3v) is 2.92. The van der Waals surface area contributed by atoms with Gasteiger partial charge in [-0.3, -0.25) is 0 Å². The van der Waals surface area contributed by atoms with Gasteiger partial charge in [0.2, 0.25) is 0 Å². The van der Waals surface area contributed by atoms with Crippen molar-refractivity contribution in [2.75, 3.05) is 19.5 Å². The molecule has 2 aromatic rings. The van der Waals surface area contributed by atoms with Gasteiger partial charge < -0.3 is 14.5 Å². The summed E-state index contributed by atoms with van der Waals surface area (Å²) in [4.78, 5) is 4.26. The average molecular weight is 267 g/mol. The van der Waals surface area contributed by atoms with Crippen molar-refractivity contribution in [3.8, 4) is 17.1 Å². The Hall–Kier alpha value is -1.68. The second kappa shape index (κ2) is 4.90. The lowest BCUT2D eigenvalue weighted by Gasteiger charge is -2.10. The summed E-state index contributed by atoms with van der Waals surface area (Å²) in [6, 6.07) is 4.15. The molecule has 0 saturated heterocycles. The largest absolute Gasteiger partial charge is 0.496 e. The number of nitrogens with one attached hydrogen (secondary N) is 1. The Morgan fingerprint density at radius 2 is 2.06 bits per heavy atom. The fourth-order valence-corrected chi connectivity index (χ4v) is 2.20. The molecule has 0 aliphatic heterocycles. The van der Waals surface area contributed by atoms with E-state index in [-0.39, 0.29) is 0 Å². The van der Waals surface area contributed by atoms with E-state index in [4.69, 9.17) is 20.8 Å². The number of aryl methyl sites for hydroxylation is 2. The van der Waals surface area contributed by atoms with E-state index in [0.717, 1.165) is 22.6 Å². The molecule has 1 aromatic carbocycles. The molecular weight excluding hydrogens is 252 g/mol. The van der Waals surface area contributed by atoms with Gasteiger partial charge in [0, 0.05) is 12.1 Å². The lowest BCUT2D eigenvalue weighted by Crippen LogP contribution is -1.92. The Morgan fingerprint density at radius 3 is 2.61 bits per heavy atom. The van der Waals surface area contributed by atoms with E-state index in [1.54, 1.807) is 14.2 Å². The maximum absolute atomic E-state index is 6.09. The standard InChI is InChI=1S/C13H15ClN2O2/c1-7-5-9(14)6-10(11(7)17-4)12-8(2)16-13(15-3)18-12/h5-6H,1-4H3,(H,15,16). The van der Waals surface area contributed by atoms with E-state index >= 15 is 0 Å². The highest BCUT2D eigenvalue weighted by Crippen LogP contribution is 2.38. The van der Waals surface area contributed by atoms with Crippen LogP contribution < -0.4 is 10.1 Å². The molecule has 0 aliphatic rings. The van der Waals surface area contributed by atoms with Crippen LogP contribution >= 0.6 is 11.6 Å². The molecule has 1 aromatic heterocycles. The van der Waals surface area contributed by atoms with Crippen molar-refractivity contribution >= 4 is 17.6 Å². The summed E-state index contributed by atoms with van der Waals surface area (Å²) in [6.45, 7) is 3.83. The molecule has 4 nitrogen and oxygen atoms in total. The van der Waals surface area contributed by atoms with Crippen molar-refractivity contribution in [3.05, 3.63) is 28.4 Å². The van der Waals surface area contributed by atoms with Crippen LogP contribution in [-0.4, -0.2) is 19.1 Å². The summed E-state index contributed by atoms with van der Waals surface area (Å²) in [7, 11) is 3.39. The lowest BCUT2D eigenvalue weighted by atomic mass is 10.1. The van der Waals surface area contributed by atoms with Gasteiger partial charge in [-0.2, -0.15) is 4.98 Å². The summed E-state index contributed by atoms with van der Waals surface area (Å²) >= 11 is 6.09. The van der Waals surface area contributed by atoms with Gasteiger partial charge in [-0.15, -0.1) is 0 Å². The number of halogens is 1. The van der Waals surface area contributed by atoms with Gasteiger partial charge in [-0.25, -0.2) is 0 Å². The third kappa shape index (κ3) is 2.16. The van der Waals surface area contributed by atoms with Crippen molar-refractivity contribution in [1.29, 1.82) is 0 Å². The lowest BCUT2D eigenvalue weighted by molar-refractivity contribution is 0.411. The quantitative estimate of drug-likeness (QED) is 0.921. The van der Waals surface area contributed by atoms with Crippen molar-refractivity contribution in [2.45, 2.75) is 13.8 Å². The molecule has 0 unspecified atom stereocenters. The Morgan fingerprint density at radius 1 is 1.33 bits per heavy atom. The molecular formula is C13H15ClN2O2. The number of rotatable bonds is 3. The second-order valence-corrected chi connectivity index (χ2v) is 4.42. The minimum atomic E-state index is 0.474. The van der Waals surface area contributed by atoms with Crippen molar-refractivity contribution in [2.24, 2.45) is 0 Å². The number of methoxy groups -OCH3 is 1. The van der Waals surface area contributed by atoms with Crippen LogP contribution in [-0.2, 0) is 0 Å². The van der Waals surface area contributed by atoms with Crippen molar-refractivity contribution in [1.82, 2.24) is 4.98 Å². The third-order valence-electron chi connectivity index (χ3n) is 2.70. The molecule has 0 radical (unpaired) electrons. The molecule has 0 bridgehead atoms. The van der Waals surface area contributed by atoms with E-state index in [1.807, 2.05) is 26.0 Å². The van der Waals surface area contributed by atoms with E-state index in [0.29, 0.717) is 16.8 Å². The zero-order valence-electron chi connectivity index (χ0n) is 10.8. The number of aromatic nitrogens is 1. The average Bonchev–Trinajstić information content (AvgIpc) is 2.69. The molecule has 96 valence electrons. The monoisotopic (exact) mass is 266 g/mol. The number of hydrogen-bond acceptors (Lipinski definition) is 4. The number of anilines is 1. The summed E-state index contributed by atoms with van der Waals surface area (Å²) in [6.07, 6.45) is 0. The molecule has 0 fully saturated rings. The second-order valence-electron chi connectivity index (χ2n) is 3.99. The molecule has 1 heterocycles. The first-order chi connectivity index (χ1) is 8.56. The first-order valence-electron chi connectivity index (χ1n) is 5.56. The molecule has 0 aliphatic carbocycles.